The van der Waals surface area contributed by atoms with Gasteiger partial charge in [0.25, 0.3) is 11.8 Å². The molecule has 0 spiro atoms. The molecule has 0 aliphatic carbocycles. The van der Waals surface area contributed by atoms with Crippen LogP contribution in [0.15, 0.2) is 10.3 Å². The van der Waals surface area contributed by atoms with Gasteiger partial charge in [-0.1, -0.05) is 5.22 Å². The fraction of sp³-hybridized carbons (Fsp3) is 0.500. The summed E-state index contributed by atoms with van der Waals surface area (Å²) in [6.45, 7) is 5.12. The number of amides is 3. The van der Waals surface area contributed by atoms with Crippen LogP contribution in [0.4, 0.5) is 32.4 Å². The SMILES string of the molecule is CC(C)(C)OC(=O)NCCCN1N=N[C@@H]2C(=O)N(c3c(F)c(F)c(F)c(F)c3F)C(=O)[C@H]21. The molecule has 2 heterocycles. The summed E-state index contributed by atoms with van der Waals surface area (Å²) >= 11 is 0. The van der Waals surface area contributed by atoms with Gasteiger partial charge >= 0.3 is 6.09 Å². The third kappa shape index (κ3) is 4.08. The van der Waals surface area contributed by atoms with Crippen LogP contribution in [0.25, 0.3) is 0 Å². The molecular formula is C18H18F5N5O4. The number of fused-ring (bicyclic) bond motifs is 1. The molecule has 1 aromatic rings. The number of hydrogen-bond acceptors (Lipinski definition) is 7. The van der Waals surface area contributed by atoms with E-state index in [0.717, 1.165) is 5.01 Å². The Balaban J connectivity index is 1.71. The Kier molecular flexibility index (Phi) is 6.07. The lowest BCUT2D eigenvalue weighted by atomic mass is 10.1. The number of anilines is 1. The predicted molar refractivity (Wildman–Crippen MR) is 96.7 cm³/mol. The standard InChI is InChI=1S/C18H18F5N5O4/c1-18(2,3)32-17(31)24-5-4-6-27-14-12(25-26-27)15(29)28(16(14)30)13-10(22)8(20)7(19)9(21)11(13)23/h12,14H,4-6H2,1-3H3,(H,24,31)/t12-,14-/m0/s1. The monoisotopic (exact) mass is 463 g/mol. The van der Waals surface area contributed by atoms with Gasteiger partial charge in [-0.25, -0.2) is 31.6 Å². The molecule has 0 bridgehead atoms. The molecule has 2 atom stereocenters. The summed E-state index contributed by atoms with van der Waals surface area (Å²) in [6.07, 6.45) is -0.464. The summed E-state index contributed by atoms with van der Waals surface area (Å²) in [4.78, 5) is 36.7. The fourth-order valence-electron chi connectivity index (χ4n) is 3.16. The molecule has 174 valence electrons. The molecule has 0 radical (unpaired) electrons. The van der Waals surface area contributed by atoms with Gasteiger partial charge < -0.3 is 10.1 Å². The van der Waals surface area contributed by atoms with Gasteiger partial charge in [-0.05, 0) is 27.2 Å². The largest absolute Gasteiger partial charge is 0.444 e. The number of hydrogen-bond donors (Lipinski definition) is 1. The first-order chi connectivity index (χ1) is 14.8. The number of benzene rings is 1. The Morgan fingerprint density at radius 1 is 1.00 bits per heavy atom. The number of nitrogens with one attached hydrogen (secondary N) is 1. The van der Waals surface area contributed by atoms with Gasteiger partial charge in [0.1, 0.15) is 11.3 Å². The van der Waals surface area contributed by atoms with E-state index < -0.39 is 70.4 Å². The molecule has 32 heavy (non-hydrogen) atoms. The average Bonchev–Trinajstić information content (AvgIpc) is 3.22. The Hall–Kier alpha value is -3.32. The minimum Gasteiger partial charge on any atom is -0.444 e. The van der Waals surface area contributed by atoms with Crippen LogP contribution in [0.2, 0.25) is 0 Å². The van der Waals surface area contributed by atoms with Gasteiger partial charge in [-0.2, -0.15) is 5.11 Å². The van der Waals surface area contributed by atoms with Crippen molar-refractivity contribution in [3.63, 3.8) is 0 Å². The van der Waals surface area contributed by atoms with Crippen LogP contribution in [0.1, 0.15) is 27.2 Å². The van der Waals surface area contributed by atoms with Crippen molar-refractivity contribution >= 4 is 23.6 Å². The summed E-state index contributed by atoms with van der Waals surface area (Å²) in [5.74, 6) is -14.1. The molecule has 2 aliphatic rings. The highest BCUT2D eigenvalue weighted by Gasteiger charge is 2.56. The smallest absolute Gasteiger partial charge is 0.407 e. The summed E-state index contributed by atoms with van der Waals surface area (Å²) in [6, 6.07) is -2.92. The summed E-state index contributed by atoms with van der Waals surface area (Å²) in [7, 11) is 0. The van der Waals surface area contributed by atoms with Gasteiger partial charge in [-0.3, -0.25) is 14.6 Å². The van der Waals surface area contributed by atoms with Crippen LogP contribution in [-0.4, -0.2) is 53.7 Å². The Bertz CT molecular complexity index is 983. The molecule has 0 saturated carbocycles. The number of imide groups is 1. The number of nitrogens with zero attached hydrogens (tertiary/aromatic N) is 4. The molecule has 2 aliphatic heterocycles. The van der Waals surface area contributed by atoms with Gasteiger partial charge in [0.2, 0.25) is 5.82 Å². The maximum atomic E-state index is 14.1. The molecule has 0 unspecified atom stereocenters. The highest BCUT2D eigenvalue weighted by molar-refractivity contribution is 6.25. The lowest BCUT2D eigenvalue weighted by Gasteiger charge is -2.22. The zero-order valence-corrected chi connectivity index (χ0v) is 17.1. The topological polar surface area (TPSA) is 104 Å². The Labute approximate surface area is 178 Å². The molecule has 0 aromatic heterocycles. The molecule has 1 N–H and O–H groups in total. The fourth-order valence-corrected chi connectivity index (χ4v) is 3.16. The molecular weight excluding hydrogens is 445 g/mol. The molecule has 1 saturated heterocycles. The maximum absolute atomic E-state index is 14.1. The zero-order chi connectivity index (χ0) is 24.0. The van der Waals surface area contributed by atoms with Crippen LogP contribution in [-0.2, 0) is 14.3 Å². The van der Waals surface area contributed by atoms with Gasteiger partial charge in [-0.15, -0.1) is 0 Å². The van der Waals surface area contributed by atoms with E-state index in [0.29, 0.717) is 0 Å². The van der Waals surface area contributed by atoms with Crippen molar-refractivity contribution < 1.29 is 41.1 Å². The third-order valence-corrected chi connectivity index (χ3v) is 4.50. The van der Waals surface area contributed by atoms with Crippen LogP contribution in [0.3, 0.4) is 0 Å². The predicted octanol–water partition coefficient (Wildman–Crippen LogP) is 2.59. The lowest BCUT2D eigenvalue weighted by Crippen LogP contribution is -2.41. The second-order valence-electron chi connectivity index (χ2n) is 7.97. The van der Waals surface area contributed by atoms with Crippen LogP contribution in [0, 0.1) is 29.1 Å². The zero-order valence-electron chi connectivity index (χ0n) is 17.1. The van der Waals surface area contributed by atoms with Crippen molar-refractivity contribution in [1.82, 2.24) is 10.3 Å². The second-order valence-corrected chi connectivity index (χ2v) is 7.97. The van der Waals surface area contributed by atoms with E-state index in [1.807, 2.05) is 0 Å². The number of alkyl carbamates (subject to hydrolysis) is 1. The second kappa shape index (κ2) is 8.31. The van der Waals surface area contributed by atoms with Crippen molar-refractivity contribution in [2.24, 2.45) is 10.3 Å². The first kappa shape index (κ1) is 23.3. The van der Waals surface area contributed by atoms with Crippen molar-refractivity contribution in [1.29, 1.82) is 0 Å². The van der Waals surface area contributed by atoms with E-state index in [1.165, 1.54) is 0 Å². The third-order valence-electron chi connectivity index (χ3n) is 4.50. The molecule has 1 aromatic carbocycles. The first-order valence-corrected chi connectivity index (χ1v) is 9.38. The molecule has 9 nitrogen and oxygen atoms in total. The van der Waals surface area contributed by atoms with E-state index >= 15 is 0 Å². The molecule has 14 heteroatoms. The van der Waals surface area contributed by atoms with E-state index in [9.17, 15) is 36.3 Å². The van der Waals surface area contributed by atoms with E-state index in [4.69, 9.17) is 4.74 Å². The number of carbonyl (C=O) groups is 3. The summed E-state index contributed by atoms with van der Waals surface area (Å²) in [5, 5.41) is 10.8. The van der Waals surface area contributed by atoms with Crippen molar-refractivity contribution in [2.75, 3.05) is 18.0 Å². The highest BCUT2D eigenvalue weighted by atomic mass is 19.2. The normalized spacial score (nSPS) is 20.2. The van der Waals surface area contributed by atoms with E-state index in [-0.39, 0.29) is 24.4 Å². The summed E-state index contributed by atoms with van der Waals surface area (Å²) < 4.78 is 73.7. The minimum absolute atomic E-state index is 0.00950. The van der Waals surface area contributed by atoms with Crippen LogP contribution >= 0.6 is 0 Å². The van der Waals surface area contributed by atoms with Gasteiger partial charge in [0.15, 0.2) is 35.4 Å². The Morgan fingerprint density at radius 2 is 1.56 bits per heavy atom. The maximum Gasteiger partial charge on any atom is 0.407 e. The molecule has 3 amide bonds. The van der Waals surface area contributed by atoms with E-state index in [2.05, 4.69) is 15.7 Å². The molecule has 1 fully saturated rings. The Morgan fingerprint density at radius 3 is 2.12 bits per heavy atom. The average molecular weight is 463 g/mol. The lowest BCUT2D eigenvalue weighted by molar-refractivity contribution is -0.123. The van der Waals surface area contributed by atoms with Crippen molar-refractivity contribution in [3.05, 3.63) is 29.1 Å². The van der Waals surface area contributed by atoms with Crippen LogP contribution < -0.4 is 10.2 Å². The number of rotatable bonds is 5. The van der Waals surface area contributed by atoms with E-state index in [1.54, 1.807) is 20.8 Å². The van der Waals surface area contributed by atoms with Gasteiger partial charge in [0.05, 0.1) is 0 Å². The quantitative estimate of drug-likeness (QED) is 0.238. The van der Waals surface area contributed by atoms with Crippen LogP contribution in [0.5, 0.6) is 0 Å². The number of ether oxygens (including phenoxy) is 1. The van der Waals surface area contributed by atoms with Crippen molar-refractivity contribution in [2.45, 2.75) is 44.9 Å². The minimum atomic E-state index is -2.41. The first-order valence-electron chi connectivity index (χ1n) is 9.38. The highest BCUT2D eigenvalue weighted by Crippen LogP contribution is 2.37. The number of carbonyl (C=O) groups excluding carboxylic acids is 3. The van der Waals surface area contributed by atoms with Crippen molar-refractivity contribution in [3.8, 4) is 0 Å². The van der Waals surface area contributed by atoms with Gasteiger partial charge in [0, 0.05) is 13.1 Å². The molecule has 3 rings (SSSR count). The number of halogens is 5. The summed E-state index contributed by atoms with van der Waals surface area (Å²) in [5.41, 5.74) is -2.36.